The number of piperazine rings is 1. The molecule has 3 amide bonds. The third-order valence-electron chi connectivity index (χ3n) is 11.8. The van der Waals surface area contributed by atoms with E-state index in [1.807, 2.05) is 55.3 Å². The minimum absolute atomic E-state index is 0.0137. The third kappa shape index (κ3) is 9.88. The van der Waals surface area contributed by atoms with Crippen LogP contribution in [0.5, 0.6) is 0 Å². The van der Waals surface area contributed by atoms with Crippen LogP contribution < -0.4 is 26.2 Å². The molecule has 7 rings (SSSR count). The normalized spacial score (nSPS) is 22.0. The maximum atomic E-state index is 15.3. The second-order valence-electron chi connectivity index (χ2n) is 15.8. The van der Waals surface area contributed by atoms with Gasteiger partial charge in [-0.15, -0.1) is 0 Å². The molecule has 0 aromatic heterocycles. The average Bonchev–Trinajstić information content (AvgIpc) is 3.20. The summed E-state index contributed by atoms with van der Waals surface area (Å²) in [7, 11) is 0. The van der Waals surface area contributed by atoms with Crippen molar-refractivity contribution in [2.24, 2.45) is 4.99 Å². The van der Waals surface area contributed by atoms with Gasteiger partial charge < -0.3 is 35.4 Å². The zero-order valence-electron chi connectivity index (χ0n) is 34.4. The molecule has 1 atom stereocenters. The molecule has 0 spiro atoms. The summed E-state index contributed by atoms with van der Waals surface area (Å²) in [4.78, 5) is 50.2. The van der Waals surface area contributed by atoms with Gasteiger partial charge in [-0.1, -0.05) is 19.2 Å². The summed E-state index contributed by atoms with van der Waals surface area (Å²) in [5, 5.41) is 12.2. The lowest BCUT2D eigenvalue weighted by Gasteiger charge is -2.49. The minimum atomic E-state index is -0.425. The molecule has 14 heteroatoms. The third-order valence-corrected chi connectivity index (χ3v) is 11.8. The Morgan fingerprint density at radius 2 is 1.76 bits per heavy atom. The molecule has 4 fully saturated rings. The van der Waals surface area contributed by atoms with E-state index in [2.05, 4.69) is 61.0 Å². The first-order valence-corrected chi connectivity index (χ1v) is 20.6. The number of halogens is 1. The molecule has 2 aromatic rings. The summed E-state index contributed by atoms with van der Waals surface area (Å²) in [5.41, 5.74) is 8.11. The van der Waals surface area contributed by atoms with Crippen molar-refractivity contribution in [1.29, 1.82) is 0 Å². The van der Waals surface area contributed by atoms with Crippen LogP contribution in [0.2, 0.25) is 0 Å². The fraction of sp³-hybridized carbons (Fsp3) is 0.422. The number of likely N-dealkylation sites (tertiary alicyclic amines) is 1. The smallest absolute Gasteiger partial charge is 0.249 e. The Kier molecular flexibility index (Phi) is 12.8. The molecule has 13 nitrogen and oxygen atoms in total. The first kappa shape index (κ1) is 41.3. The van der Waals surface area contributed by atoms with E-state index in [1.165, 1.54) is 6.07 Å². The van der Waals surface area contributed by atoms with E-state index in [0.29, 0.717) is 62.2 Å². The Bertz CT molecular complexity index is 2090. The lowest BCUT2D eigenvalue weighted by Crippen LogP contribution is -2.63. The molecule has 312 valence electrons. The van der Waals surface area contributed by atoms with Crippen molar-refractivity contribution in [3.63, 3.8) is 0 Å². The topological polar surface area (TPSA) is 134 Å². The van der Waals surface area contributed by atoms with E-state index in [4.69, 9.17) is 4.74 Å². The predicted octanol–water partition coefficient (Wildman–Crippen LogP) is 4.91. The summed E-state index contributed by atoms with van der Waals surface area (Å²) in [5.74, 6) is 0.501. The number of ether oxygens (including phenoxy) is 1. The summed E-state index contributed by atoms with van der Waals surface area (Å²) < 4.78 is 21.0. The number of hydrogen-bond acceptors (Lipinski definition) is 10. The van der Waals surface area contributed by atoms with E-state index in [9.17, 15) is 14.4 Å². The van der Waals surface area contributed by atoms with Gasteiger partial charge in [-0.2, -0.15) is 0 Å². The Morgan fingerprint density at radius 1 is 1.02 bits per heavy atom. The number of carbonyl (C=O) groups is 3. The van der Waals surface area contributed by atoms with Crippen molar-refractivity contribution in [2.75, 3.05) is 81.0 Å². The van der Waals surface area contributed by atoms with Crippen LogP contribution in [0.25, 0.3) is 0 Å². The number of piperidine rings is 2. The van der Waals surface area contributed by atoms with Crippen LogP contribution >= 0.6 is 0 Å². The Balaban J connectivity index is 0.836. The number of aliphatic imine (C=N–C) groups is 1. The zero-order chi connectivity index (χ0) is 41.6. The average molecular weight is 806 g/mol. The van der Waals surface area contributed by atoms with Gasteiger partial charge in [-0.3, -0.25) is 24.6 Å². The van der Waals surface area contributed by atoms with Gasteiger partial charge >= 0.3 is 0 Å². The van der Waals surface area contributed by atoms with Crippen LogP contribution in [-0.2, 0) is 25.5 Å². The van der Waals surface area contributed by atoms with Crippen molar-refractivity contribution < 1.29 is 23.5 Å². The number of benzene rings is 2. The summed E-state index contributed by atoms with van der Waals surface area (Å²) >= 11 is 0. The van der Waals surface area contributed by atoms with Crippen molar-refractivity contribution in [1.82, 2.24) is 25.3 Å². The lowest BCUT2D eigenvalue weighted by atomic mass is 9.98. The number of imide groups is 1. The molecule has 0 saturated carbocycles. The highest BCUT2D eigenvalue weighted by atomic mass is 19.1. The number of nitrogens with one attached hydrogen (secondary N) is 4. The van der Waals surface area contributed by atoms with Gasteiger partial charge in [-0.25, -0.2) is 9.38 Å². The first-order valence-electron chi connectivity index (χ1n) is 20.6. The van der Waals surface area contributed by atoms with E-state index < -0.39 is 11.9 Å². The number of nitrogens with zero attached hydrogens (tertiary/aromatic N) is 5. The van der Waals surface area contributed by atoms with Gasteiger partial charge in [-0.05, 0) is 98.4 Å². The van der Waals surface area contributed by atoms with Crippen LogP contribution in [-0.4, -0.2) is 116 Å². The van der Waals surface area contributed by atoms with Gasteiger partial charge in [0, 0.05) is 100 Å². The van der Waals surface area contributed by atoms with Gasteiger partial charge in [0.1, 0.15) is 30.1 Å². The van der Waals surface area contributed by atoms with Crippen molar-refractivity contribution in [3.8, 4) is 0 Å². The van der Waals surface area contributed by atoms with Crippen LogP contribution in [0.1, 0.15) is 45.6 Å². The molecule has 4 saturated heterocycles. The van der Waals surface area contributed by atoms with Gasteiger partial charge in [0.05, 0.1) is 12.1 Å². The molecule has 5 heterocycles. The molecular weight excluding hydrogens is 750 g/mol. The molecule has 0 bridgehead atoms. The number of amidine groups is 1. The number of allylic oxidation sites excluding steroid dienone is 3. The quantitative estimate of drug-likeness (QED) is 0.108. The SMILES string of the molecule is C=C/C(=C(/C)C1=C(C)OCCN1)N1CC/C(=C/N=C(C)Nc2ccc(CC(=O)N3CCN(C4CN(c5ccc(NC6CCC(=O)NC6=O)cc5)C4)CC3)c(F)c2)C(=C)C1. The van der Waals surface area contributed by atoms with Gasteiger partial charge in [0.2, 0.25) is 17.7 Å². The Labute approximate surface area is 346 Å². The molecule has 4 N–H and O–H groups in total. The summed E-state index contributed by atoms with van der Waals surface area (Å²) in [6, 6.07) is 12.9. The monoisotopic (exact) mass is 805 g/mol. The zero-order valence-corrected chi connectivity index (χ0v) is 34.4. The fourth-order valence-electron chi connectivity index (χ4n) is 8.32. The first-order chi connectivity index (χ1) is 28.4. The molecule has 1 unspecified atom stereocenters. The van der Waals surface area contributed by atoms with Crippen LogP contribution in [0.4, 0.5) is 21.5 Å². The largest absolute Gasteiger partial charge is 0.494 e. The van der Waals surface area contributed by atoms with Crippen LogP contribution in [0, 0.1) is 5.82 Å². The fourth-order valence-corrected chi connectivity index (χ4v) is 8.32. The number of anilines is 3. The van der Waals surface area contributed by atoms with Crippen LogP contribution in [0.3, 0.4) is 0 Å². The van der Waals surface area contributed by atoms with Gasteiger partial charge in [0.25, 0.3) is 0 Å². The molecule has 59 heavy (non-hydrogen) atoms. The van der Waals surface area contributed by atoms with Gasteiger partial charge in [0.15, 0.2) is 0 Å². The standard InChI is InChI=1S/C45H56FN9O4/c1-6-41(30(3)44-31(4)59-22-16-47-44)54-17-15-34(29(2)26-54)25-48-32(5)49-36-8-7-33(39(46)24-36)23-43(57)53-20-18-52(19-21-53)38-27-55(28-38)37-11-9-35(10-12-37)50-40-13-14-42(56)51-45(40)58/h6-12,24-25,38,40,47,50H,1-2,13-23,26-28H2,3-5H3,(H,48,49)(H,51,56,58)/b34-25-,41-30+. The van der Waals surface area contributed by atoms with Crippen LogP contribution in [0.15, 0.2) is 107 Å². The Hall–Kier alpha value is -5.89. The number of rotatable bonds is 11. The number of hydrogen-bond donors (Lipinski definition) is 4. The predicted molar refractivity (Wildman–Crippen MR) is 230 cm³/mol. The number of amides is 3. The molecule has 0 aliphatic carbocycles. The maximum absolute atomic E-state index is 15.3. The molecular formula is C45H56FN9O4. The molecule has 0 radical (unpaired) electrons. The highest BCUT2D eigenvalue weighted by Gasteiger charge is 2.35. The molecule has 5 aliphatic rings. The van der Waals surface area contributed by atoms with Crippen molar-refractivity contribution in [3.05, 3.63) is 113 Å². The van der Waals surface area contributed by atoms with Crippen molar-refractivity contribution >= 4 is 40.6 Å². The van der Waals surface area contributed by atoms with E-state index >= 15 is 4.39 Å². The highest BCUT2D eigenvalue weighted by Crippen LogP contribution is 2.30. The maximum Gasteiger partial charge on any atom is 0.249 e. The van der Waals surface area contributed by atoms with Crippen molar-refractivity contribution in [2.45, 2.75) is 58.5 Å². The summed E-state index contributed by atoms with van der Waals surface area (Å²) in [6.45, 7) is 21.8. The number of carbonyl (C=O) groups excluding carboxylic acids is 3. The molecule has 2 aromatic carbocycles. The molecule has 5 aliphatic heterocycles. The second-order valence-corrected chi connectivity index (χ2v) is 15.8. The summed E-state index contributed by atoms with van der Waals surface area (Å²) in [6.07, 6.45) is 5.34. The van der Waals surface area contributed by atoms with E-state index in [-0.39, 0.29) is 24.1 Å². The van der Waals surface area contributed by atoms with E-state index in [0.717, 1.165) is 90.9 Å². The Morgan fingerprint density at radius 3 is 2.44 bits per heavy atom. The minimum Gasteiger partial charge on any atom is -0.494 e. The highest BCUT2D eigenvalue weighted by molar-refractivity contribution is 6.01. The second kappa shape index (κ2) is 18.4. The van der Waals surface area contributed by atoms with E-state index in [1.54, 1.807) is 12.1 Å². The lowest BCUT2D eigenvalue weighted by molar-refractivity contribution is -0.134.